The molecule has 0 spiro atoms. The van der Waals surface area contributed by atoms with E-state index in [9.17, 15) is 0 Å². The Labute approximate surface area is 160 Å². The number of piperazine rings is 1. The van der Waals surface area contributed by atoms with Crippen molar-refractivity contribution in [2.45, 2.75) is 19.5 Å². The summed E-state index contributed by atoms with van der Waals surface area (Å²) in [7, 11) is 2.16. The van der Waals surface area contributed by atoms with Crippen LogP contribution in [-0.4, -0.2) is 53.1 Å². The number of nitrogens with zero attached hydrogens (tertiary/aromatic N) is 5. The number of pyridine rings is 1. The minimum Gasteiger partial charge on any atom is -0.338 e. The van der Waals surface area contributed by atoms with Gasteiger partial charge in [0.15, 0.2) is 0 Å². The second-order valence-electron chi connectivity index (χ2n) is 7.16. The molecule has 0 saturated carbocycles. The van der Waals surface area contributed by atoms with Gasteiger partial charge in [-0.05, 0) is 37.7 Å². The van der Waals surface area contributed by atoms with Crippen LogP contribution in [0.3, 0.4) is 0 Å². The highest BCUT2D eigenvalue weighted by Gasteiger charge is 2.17. The summed E-state index contributed by atoms with van der Waals surface area (Å²) in [5.41, 5.74) is 3.31. The van der Waals surface area contributed by atoms with E-state index in [0.717, 1.165) is 43.3 Å². The van der Waals surface area contributed by atoms with E-state index in [-0.39, 0.29) is 6.04 Å². The summed E-state index contributed by atoms with van der Waals surface area (Å²) in [5, 5.41) is 4.79. The van der Waals surface area contributed by atoms with E-state index in [1.807, 2.05) is 24.5 Å². The summed E-state index contributed by atoms with van der Waals surface area (Å²) in [6, 6.07) is 12.6. The Morgan fingerprint density at radius 1 is 1.00 bits per heavy atom. The molecule has 3 aromatic rings. The van der Waals surface area contributed by atoms with Gasteiger partial charge in [0.05, 0.1) is 11.2 Å². The molecular weight excluding hydrogens is 336 g/mol. The lowest BCUT2D eigenvalue weighted by Crippen LogP contribution is -2.45. The zero-order valence-electron chi connectivity index (χ0n) is 16.0. The fraction of sp³-hybridized carbons (Fsp3) is 0.381. The molecule has 1 aliphatic heterocycles. The van der Waals surface area contributed by atoms with Crippen LogP contribution < -0.4 is 10.2 Å². The van der Waals surface area contributed by atoms with Crippen LogP contribution in [-0.2, 0) is 6.54 Å². The smallest absolute Gasteiger partial charge is 0.225 e. The monoisotopic (exact) mass is 362 g/mol. The van der Waals surface area contributed by atoms with E-state index < -0.39 is 0 Å². The maximum absolute atomic E-state index is 4.77. The molecule has 6 nitrogen and oxygen atoms in total. The Morgan fingerprint density at radius 3 is 2.70 bits per heavy atom. The molecule has 0 bridgehead atoms. The third-order valence-electron chi connectivity index (χ3n) is 5.22. The molecule has 1 atom stereocenters. The van der Waals surface area contributed by atoms with E-state index in [1.165, 1.54) is 10.9 Å². The lowest BCUT2D eigenvalue weighted by molar-refractivity contribution is 0.311. The summed E-state index contributed by atoms with van der Waals surface area (Å²) in [6.45, 7) is 6.96. The van der Waals surface area contributed by atoms with Gasteiger partial charge in [0.1, 0.15) is 0 Å². The van der Waals surface area contributed by atoms with Crippen molar-refractivity contribution in [3.8, 4) is 0 Å². The molecule has 3 heterocycles. The van der Waals surface area contributed by atoms with Gasteiger partial charge in [0, 0.05) is 56.5 Å². The van der Waals surface area contributed by atoms with Crippen molar-refractivity contribution in [3.05, 3.63) is 60.0 Å². The third kappa shape index (κ3) is 4.07. The maximum atomic E-state index is 4.77. The molecule has 0 amide bonds. The fourth-order valence-electron chi connectivity index (χ4n) is 3.51. The molecule has 1 N–H and O–H groups in total. The fourth-order valence-corrected chi connectivity index (χ4v) is 3.51. The second-order valence-corrected chi connectivity index (χ2v) is 7.16. The maximum Gasteiger partial charge on any atom is 0.225 e. The SMILES string of the molecule is CC(NCc1ccnc(N2CCN(C)CC2)n1)c1cccc2ncccc12. The molecule has 27 heavy (non-hydrogen) atoms. The highest BCUT2D eigenvalue weighted by molar-refractivity contribution is 5.82. The number of rotatable bonds is 5. The number of benzene rings is 1. The van der Waals surface area contributed by atoms with Gasteiger partial charge < -0.3 is 15.1 Å². The van der Waals surface area contributed by atoms with Crippen LogP contribution in [0.5, 0.6) is 0 Å². The van der Waals surface area contributed by atoms with Crippen molar-refractivity contribution < 1.29 is 0 Å². The van der Waals surface area contributed by atoms with Gasteiger partial charge in [-0.2, -0.15) is 0 Å². The highest BCUT2D eigenvalue weighted by Crippen LogP contribution is 2.23. The molecule has 0 aliphatic carbocycles. The first-order valence-corrected chi connectivity index (χ1v) is 9.53. The van der Waals surface area contributed by atoms with Crippen LogP contribution in [0.1, 0.15) is 24.2 Å². The molecule has 1 fully saturated rings. The van der Waals surface area contributed by atoms with Crippen LogP contribution in [0.25, 0.3) is 10.9 Å². The summed E-state index contributed by atoms with van der Waals surface area (Å²) >= 11 is 0. The van der Waals surface area contributed by atoms with Crippen molar-refractivity contribution in [2.24, 2.45) is 0 Å². The van der Waals surface area contributed by atoms with Gasteiger partial charge >= 0.3 is 0 Å². The molecule has 1 aliphatic rings. The van der Waals surface area contributed by atoms with Gasteiger partial charge in [0.2, 0.25) is 5.95 Å². The summed E-state index contributed by atoms with van der Waals surface area (Å²) in [4.78, 5) is 18.3. The van der Waals surface area contributed by atoms with E-state index in [1.54, 1.807) is 0 Å². The average Bonchev–Trinajstić information content (AvgIpc) is 2.72. The number of likely N-dealkylation sites (N-methyl/N-ethyl adjacent to an activating group) is 1. The van der Waals surface area contributed by atoms with Crippen molar-refractivity contribution in [2.75, 3.05) is 38.1 Å². The largest absolute Gasteiger partial charge is 0.338 e. The Morgan fingerprint density at radius 2 is 1.85 bits per heavy atom. The van der Waals surface area contributed by atoms with Crippen LogP contribution in [0.4, 0.5) is 5.95 Å². The molecule has 1 saturated heterocycles. The van der Waals surface area contributed by atoms with E-state index in [0.29, 0.717) is 6.54 Å². The lowest BCUT2D eigenvalue weighted by atomic mass is 10.0. The number of hydrogen-bond donors (Lipinski definition) is 1. The predicted octanol–water partition coefficient (Wildman–Crippen LogP) is 2.63. The number of aromatic nitrogens is 3. The van der Waals surface area contributed by atoms with Gasteiger partial charge in [-0.25, -0.2) is 9.97 Å². The molecule has 140 valence electrons. The standard InChI is InChI=1S/C21H26N6/c1-16(18-5-3-7-20-19(18)6-4-9-22-20)24-15-17-8-10-23-21(25-17)27-13-11-26(2)12-14-27/h3-10,16,24H,11-15H2,1-2H3. The second kappa shape index (κ2) is 7.98. The quantitative estimate of drug-likeness (QED) is 0.753. The molecule has 4 rings (SSSR count). The zero-order chi connectivity index (χ0) is 18.6. The van der Waals surface area contributed by atoms with Gasteiger partial charge in [-0.3, -0.25) is 4.98 Å². The average molecular weight is 362 g/mol. The molecule has 1 unspecified atom stereocenters. The van der Waals surface area contributed by atoms with Crippen LogP contribution in [0, 0.1) is 0 Å². The van der Waals surface area contributed by atoms with Gasteiger partial charge in [0.25, 0.3) is 0 Å². The first kappa shape index (κ1) is 17.8. The van der Waals surface area contributed by atoms with Crippen molar-refractivity contribution in [1.82, 2.24) is 25.2 Å². The Balaban J connectivity index is 1.44. The minimum atomic E-state index is 0.208. The van der Waals surface area contributed by atoms with Crippen LogP contribution in [0.15, 0.2) is 48.8 Å². The Hall–Kier alpha value is -2.57. The van der Waals surface area contributed by atoms with Crippen molar-refractivity contribution in [3.63, 3.8) is 0 Å². The van der Waals surface area contributed by atoms with E-state index in [2.05, 4.69) is 63.3 Å². The molecule has 0 radical (unpaired) electrons. The van der Waals surface area contributed by atoms with Gasteiger partial charge in [-0.1, -0.05) is 18.2 Å². The summed E-state index contributed by atoms with van der Waals surface area (Å²) in [6.07, 6.45) is 3.70. The number of hydrogen-bond acceptors (Lipinski definition) is 6. The molecular formula is C21H26N6. The first-order valence-electron chi connectivity index (χ1n) is 9.53. The summed E-state index contributed by atoms with van der Waals surface area (Å²) in [5.74, 6) is 0.837. The molecule has 2 aromatic heterocycles. The zero-order valence-corrected chi connectivity index (χ0v) is 16.0. The highest BCUT2D eigenvalue weighted by atomic mass is 15.3. The number of anilines is 1. The lowest BCUT2D eigenvalue weighted by Gasteiger charge is -2.32. The van der Waals surface area contributed by atoms with Gasteiger partial charge in [-0.15, -0.1) is 0 Å². The minimum absolute atomic E-state index is 0.208. The van der Waals surface area contributed by atoms with Crippen LogP contribution in [0.2, 0.25) is 0 Å². The normalized spacial score (nSPS) is 16.6. The Kier molecular flexibility index (Phi) is 5.27. The van der Waals surface area contributed by atoms with Crippen molar-refractivity contribution >= 4 is 16.9 Å². The molecule has 6 heteroatoms. The first-order chi connectivity index (χ1) is 13.2. The Bertz CT molecular complexity index is 899. The third-order valence-corrected chi connectivity index (χ3v) is 5.22. The predicted molar refractivity (Wildman–Crippen MR) is 109 cm³/mol. The number of fused-ring (bicyclic) bond motifs is 1. The summed E-state index contributed by atoms with van der Waals surface area (Å²) < 4.78 is 0. The van der Waals surface area contributed by atoms with E-state index >= 15 is 0 Å². The molecule has 1 aromatic carbocycles. The van der Waals surface area contributed by atoms with Crippen molar-refractivity contribution in [1.29, 1.82) is 0 Å². The van der Waals surface area contributed by atoms with Crippen LogP contribution >= 0.6 is 0 Å². The van der Waals surface area contributed by atoms with E-state index in [4.69, 9.17) is 4.98 Å². The number of nitrogens with one attached hydrogen (secondary N) is 1. The topological polar surface area (TPSA) is 57.2 Å².